The zero-order valence-electron chi connectivity index (χ0n) is 14.0. The molecular weight excluding hydrogens is 286 g/mol. The number of carbonyl (C=O) groups excluding carboxylic acids is 1. The van der Waals surface area contributed by atoms with Crippen molar-refractivity contribution in [2.45, 2.75) is 33.0 Å². The quantitative estimate of drug-likeness (QED) is 0.797. The molecule has 2 aromatic carbocycles. The topological polar surface area (TPSA) is 29.5 Å². The zero-order valence-corrected chi connectivity index (χ0v) is 14.0. The molecule has 1 aliphatic heterocycles. The van der Waals surface area contributed by atoms with E-state index in [0.717, 1.165) is 24.2 Å². The van der Waals surface area contributed by atoms with Crippen LogP contribution in [0.15, 0.2) is 48.5 Å². The highest BCUT2D eigenvalue weighted by molar-refractivity contribution is 5.94. The van der Waals surface area contributed by atoms with Gasteiger partial charge in [0, 0.05) is 24.3 Å². The molecule has 0 radical (unpaired) electrons. The monoisotopic (exact) mass is 309 g/mol. The normalized spacial score (nSPS) is 21.3. The van der Waals surface area contributed by atoms with Crippen LogP contribution in [0.2, 0.25) is 0 Å². The van der Waals surface area contributed by atoms with E-state index in [1.54, 1.807) is 6.92 Å². The molecule has 1 fully saturated rings. The van der Waals surface area contributed by atoms with E-state index in [2.05, 4.69) is 43.0 Å². The van der Waals surface area contributed by atoms with Gasteiger partial charge in [-0.1, -0.05) is 36.4 Å². The van der Waals surface area contributed by atoms with Crippen LogP contribution in [-0.4, -0.2) is 31.1 Å². The van der Waals surface area contributed by atoms with Crippen LogP contribution < -0.4 is 4.90 Å². The minimum Gasteiger partial charge on any atom is -0.372 e. The van der Waals surface area contributed by atoms with Crippen molar-refractivity contribution in [2.24, 2.45) is 0 Å². The van der Waals surface area contributed by atoms with E-state index in [4.69, 9.17) is 4.74 Å². The van der Waals surface area contributed by atoms with Crippen molar-refractivity contribution in [2.75, 3.05) is 18.0 Å². The molecule has 0 aliphatic carbocycles. The van der Waals surface area contributed by atoms with Crippen LogP contribution in [-0.2, 0) is 4.74 Å². The molecule has 3 rings (SSSR count). The summed E-state index contributed by atoms with van der Waals surface area (Å²) in [4.78, 5) is 13.7. The van der Waals surface area contributed by atoms with Crippen LogP contribution in [0.1, 0.15) is 31.1 Å². The summed E-state index contributed by atoms with van der Waals surface area (Å²) < 4.78 is 5.79. The summed E-state index contributed by atoms with van der Waals surface area (Å²) in [5, 5.41) is 0. The number of Topliss-reactive ketones (excluding diaryl/α,β-unsaturated/α-hetero) is 1. The van der Waals surface area contributed by atoms with E-state index in [-0.39, 0.29) is 18.0 Å². The van der Waals surface area contributed by atoms with Gasteiger partial charge < -0.3 is 9.64 Å². The van der Waals surface area contributed by atoms with Crippen LogP contribution >= 0.6 is 0 Å². The third-order valence-electron chi connectivity index (χ3n) is 4.28. The Morgan fingerprint density at radius 1 is 0.913 bits per heavy atom. The van der Waals surface area contributed by atoms with Crippen molar-refractivity contribution < 1.29 is 9.53 Å². The molecule has 3 heteroatoms. The third-order valence-corrected chi connectivity index (χ3v) is 4.28. The summed E-state index contributed by atoms with van der Waals surface area (Å²) in [6.45, 7) is 7.68. The summed E-state index contributed by atoms with van der Waals surface area (Å²) in [5.74, 6) is 0.0995. The summed E-state index contributed by atoms with van der Waals surface area (Å²) in [5.41, 5.74) is 4.28. The number of ether oxygens (including phenoxy) is 1. The Bertz CT molecular complexity index is 666. The molecule has 0 N–H and O–H groups in total. The number of carbonyl (C=O) groups is 1. The standard InChI is InChI=1S/C20H23NO2/c1-14-12-21(13-15(2)23-14)20-10-8-19(9-11-20)18-6-4-17(5-7-18)16(3)22/h4-11,14-15H,12-13H2,1-3H3/t14-,15+. The fourth-order valence-electron chi connectivity index (χ4n) is 3.15. The number of anilines is 1. The van der Waals surface area contributed by atoms with E-state index in [1.807, 2.05) is 24.3 Å². The number of benzene rings is 2. The molecule has 3 nitrogen and oxygen atoms in total. The Hall–Kier alpha value is -2.13. The fraction of sp³-hybridized carbons (Fsp3) is 0.350. The second-order valence-electron chi connectivity index (χ2n) is 6.34. The lowest BCUT2D eigenvalue weighted by molar-refractivity contribution is -0.00521. The Morgan fingerprint density at radius 3 is 1.87 bits per heavy atom. The number of hydrogen-bond acceptors (Lipinski definition) is 3. The number of morpholine rings is 1. The number of hydrogen-bond donors (Lipinski definition) is 0. The lowest BCUT2D eigenvalue weighted by atomic mass is 10.0. The molecule has 1 aliphatic rings. The molecule has 0 unspecified atom stereocenters. The molecule has 1 saturated heterocycles. The van der Waals surface area contributed by atoms with Gasteiger partial charge in [0.2, 0.25) is 0 Å². The molecule has 0 saturated carbocycles. The minimum atomic E-state index is 0.0995. The molecule has 0 spiro atoms. The van der Waals surface area contributed by atoms with Gasteiger partial charge in [-0.05, 0) is 44.0 Å². The van der Waals surface area contributed by atoms with E-state index in [0.29, 0.717) is 0 Å². The SMILES string of the molecule is CC(=O)c1ccc(-c2ccc(N3C[C@@H](C)O[C@@H](C)C3)cc2)cc1. The Kier molecular flexibility index (Phi) is 4.49. The van der Waals surface area contributed by atoms with Gasteiger partial charge in [-0.15, -0.1) is 0 Å². The molecule has 2 atom stereocenters. The summed E-state index contributed by atoms with van der Waals surface area (Å²) in [6, 6.07) is 16.4. The van der Waals surface area contributed by atoms with Crippen LogP contribution in [0.5, 0.6) is 0 Å². The first-order valence-electron chi connectivity index (χ1n) is 8.15. The van der Waals surface area contributed by atoms with E-state index in [1.165, 1.54) is 11.3 Å². The summed E-state index contributed by atoms with van der Waals surface area (Å²) >= 11 is 0. The number of nitrogens with zero attached hydrogens (tertiary/aromatic N) is 1. The van der Waals surface area contributed by atoms with Gasteiger partial charge in [0.25, 0.3) is 0 Å². The van der Waals surface area contributed by atoms with Crippen molar-refractivity contribution in [3.8, 4) is 11.1 Å². The second-order valence-corrected chi connectivity index (χ2v) is 6.34. The van der Waals surface area contributed by atoms with Crippen molar-refractivity contribution in [1.29, 1.82) is 0 Å². The van der Waals surface area contributed by atoms with Crippen molar-refractivity contribution >= 4 is 11.5 Å². The van der Waals surface area contributed by atoms with Crippen LogP contribution in [0, 0.1) is 0 Å². The molecule has 2 aromatic rings. The maximum atomic E-state index is 11.4. The lowest BCUT2D eigenvalue weighted by Gasteiger charge is -2.36. The molecule has 1 heterocycles. The second kappa shape index (κ2) is 6.55. The molecule has 0 amide bonds. The highest BCUT2D eigenvalue weighted by Gasteiger charge is 2.22. The minimum absolute atomic E-state index is 0.0995. The molecule has 120 valence electrons. The first-order valence-corrected chi connectivity index (χ1v) is 8.15. The fourth-order valence-corrected chi connectivity index (χ4v) is 3.15. The maximum Gasteiger partial charge on any atom is 0.159 e. The van der Waals surface area contributed by atoms with E-state index in [9.17, 15) is 4.79 Å². The highest BCUT2D eigenvalue weighted by Crippen LogP contribution is 2.25. The smallest absolute Gasteiger partial charge is 0.159 e. The van der Waals surface area contributed by atoms with Gasteiger partial charge >= 0.3 is 0 Å². The average Bonchev–Trinajstić information content (AvgIpc) is 2.54. The van der Waals surface area contributed by atoms with Gasteiger partial charge in [0.15, 0.2) is 5.78 Å². The van der Waals surface area contributed by atoms with Gasteiger partial charge in [-0.25, -0.2) is 0 Å². The largest absolute Gasteiger partial charge is 0.372 e. The van der Waals surface area contributed by atoms with Crippen LogP contribution in [0.25, 0.3) is 11.1 Å². The number of ketones is 1. The first kappa shape index (κ1) is 15.8. The summed E-state index contributed by atoms with van der Waals surface area (Å²) in [6.07, 6.45) is 0.523. The predicted octanol–water partition coefficient (Wildman–Crippen LogP) is 4.17. The Labute approximate surface area is 137 Å². The van der Waals surface area contributed by atoms with Crippen molar-refractivity contribution in [3.05, 3.63) is 54.1 Å². The molecule has 0 bridgehead atoms. The van der Waals surface area contributed by atoms with Gasteiger partial charge in [-0.3, -0.25) is 4.79 Å². The Morgan fingerprint density at radius 2 is 1.39 bits per heavy atom. The molecular formula is C20H23NO2. The first-order chi connectivity index (χ1) is 11.0. The molecule has 0 aromatic heterocycles. The van der Waals surface area contributed by atoms with Crippen molar-refractivity contribution in [1.82, 2.24) is 0 Å². The maximum absolute atomic E-state index is 11.4. The lowest BCUT2D eigenvalue weighted by Crippen LogP contribution is -2.45. The zero-order chi connectivity index (χ0) is 16.4. The average molecular weight is 309 g/mol. The van der Waals surface area contributed by atoms with Gasteiger partial charge in [-0.2, -0.15) is 0 Å². The van der Waals surface area contributed by atoms with Crippen LogP contribution in [0.3, 0.4) is 0 Å². The van der Waals surface area contributed by atoms with Gasteiger partial charge in [0.05, 0.1) is 12.2 Å². The molecule has 23 heavy (non-hydrogen) atoms. The predicted molar refractivity (Wildman–Crippen MR) is 94.1 cm³/mol. The van der Waals surface area contributed by atoms with E-state index < -0.39 is 0 Å². The van der Waals surface area contributed by atoms with Crippen LogP contribution in [0.4, 0.5) is 5.69 Å². The third kappa shape index (κ3) is 3.62. The van der Waals surface area contributed by atoms with E-state index >= 15 is 0 Å². The van der Waals surface area contributed by atoms with Gasteiger partial charge in [0.1, 0.15) is 0 Å². The Balaban J connectivity index is 1.77. The van der Waals surface area contributed by atoms with Crippen molar-refractivity contribution in [3.63, 3.8) is 0 Å². The summed E-state index contributed by atoms with van der Waals surface area (Å²) in [7, 11) is 0. The highest BCUT2D eigenvalue weighted by atomic mass is 16.5. The number of rotatable bonds is 3.